The summed E-state index contributed by atoms with van der Waals surface area (Å²) in [4.78, 5) is 2.56. The molecule has 1 aliphatic heterocycles. The predicted octanol–water partition coefficient (Wildman–Crippen LogP) is 2.29. The molecular formula is C14H29N3. The third-order valence-electron chi connectivity index (χ3n) is 3.60. The number of hydrogen-bond acceptors (Lipinski definition) is 3. The second-order valence-electron chi connectivity index (χ2n) is 6.40. The van der Waals surface area contributed by atoms with Crippen molar-refractivity contribution >= 4 is 0 Å². The summed E-state index contributed by atoms with van der Waals surface area (Å²) in [7, 11) is 0. The second-order valence-corrected chi connectivity index (χ2v) is 6.40. The lowest BCUT2D eigenvalue weighted by atomic mass is 9.98. The molecule has 0 aromatic rings. The fourth-order valence-corrected chi connectivity index (χ4v) is 2.10. The minimum absolute atomic E-state index is 0.303. The minimum Gasteiger partial charge on any atom is -0.401 e. The van der Waals surface area contributed by atoms with Crippen LogP contribution in [0.3, 0.4) is 0 Å². The van der Waals surface area contributed by atoms with E-state index in [0.29, 0.717) is 17.5 Å². The number of nitrogens with two attached hydrogens (primary N) is 1. The monoisotopic (exact) mass is 239 g/mol. The van der Waals surface area contributed by atoms with Gasteiger partial charge in [-0.2, -0.15) is 0 Å². The largest absolute Gasteiger partial charge is 0.401 e. The highest BCUT2D eigenvalue weighted by atomic mass is 15.2. The zero-order valence-electron chi connectivity index (χ0n) is 12.1. The molecule has 0 spiro atoms. The van der Waals surface area contributed by atoms with Gasteiger partial charge < -0.3 is 11.1 Å². The Kier molecular flexibility index (Phi) is 4.87. The van der Waals surface area contributed by atoms with E-state index in [0.717, 1.165) is 5.70 Å². The number of allylic oxidation sites excluding steroid dienone is 1. The summed E-state index contributed by atoms with van der Waals surface area (Å²) in [6.07, 6.45) is 4.42. The number of piperidine rings is 1. The summed E-state index contributed by atoms with van der Waals surface area (Å²) in [6, 6.07) is 0.589. The zero-order chi connectivity index (χ0) is 13.1. The average Bonchev–Trinajstić information content (AvgIpc) is 2.25. The molecule has 0 radical (unpaired) electrons. The Morgan fingerprint density at radius 1 is 1.29 bits per heavy atom. The van der Waals surface area contributed by atoms with Crippen molar-refractivity contribution < 1.29 is 0 Å². The van der Waals surface area contributed by atoms with E-state index in [2.05, 4.69) is 44.8 Å². The van der Waals surface area contributed by atoms with Gasteiger partial charge in [-0.1, -0.05) is 13.8 Å². The van der Waals surface area contributed by atoms with Gasteiger partial charge in [0.05, 0.1) is 0 Å². The van der Waals surface area contributed by atoms with Gasteiger partial charge in [-0.25, -0.2) is 0 Å². The molecule has 3 N–H and O–H groups in total. The summed E-state index contributed by atoms with van der Waals surface area (Å²) in [5, 5.41) is 3.46. The van der Waals surface area contributed by atoms with Gasteiger partial charge in [-0.15, -0.1) is 0 Å². The standard InChI is InChI=1S/C14H29N3/c1-11(2)13(15)10-16-12-6-8-17(9-7-12)14(3,4)5/h10-12,16H,6-9,15H2,1-5H3/b13-10-. The zero-order valence-corrected chi connectivity index (χ0v) is 12.1. The highest BCUT2D eigenvalue weighted by Gasteiger charge is 2.26. The SMILES string of the molecule is CC(C)/C(N)=C/NC1CCN(C(C)(C)C)CC1. The average molecular weight is 239 g/mol. The molecule has 0 saturated carbocycles. The molecule has 1 heterocycles. The van der Waals surface area contributed by atoms with Gasteiger partial charge in [0.2, 0.25) is 0 Å². The van der Waals surface area contributed by atoms with Gasteiger partial charge in [-0.3, -0.25) is 4.90 Å². The molecule has 0 unspecified atom stereocenters. The molecular weight excluding hydrogens is 210 g/mol. The van der Waals surface area contributed by atoms with Crippen LogP contribution < -0.4 is 11.1 Å². The van der Waals surface area contributed by atoms with Crippen LogP contribution in [-0.2, 0) is 0 Å². The van der Waals surface area contributed by atoms with Crippen molar-refractivity contribution in [1.82, 2.24) is 10.2 Å². The van der Waals surface area contributed by atoms with Crippen molar-refractivity contribution in [3.05, 3.63) is 11.9 Å². The lowest BCUT2D eigenvalue weighted by Crippen LogP contribution is -2.49. The first-order valence-electron chi connectivity index (χ1n) is 6.77. The molecule has 0 aliphatic carbocycles. The van der Waals surface area contributed by atoms with Gasteiger partial charge in [-0.05, 0) is 39.5 Å². The number of hydrogen-bond donors (Lipinski definition) is 2. The van der Waals surface area contributed by atoms with Crippen molar-refractivity contribution in [2.75, 3.05) is 13.1 Å². The molecule has 0 atom stereocenters. The quantitative estimate of drug-likeness (QED) is 0.794. The van der Waals surface area contributed by atoms with Crippen molar-refractivity contribution in [2.45, 2.75) is 59.0 Å². The lowest BCUT2D eigenvalue weighted by molar-refractivity contribution is 0.0988. The molecule has 3 nitrogen and oxygen atoms in total. The number of nitrogens with zero attached hydrogens (tertiary/aromatic N) is 1. The minimum atomic E-state index is 0.303. The van der Waals surface area contributed by atoms with Gasteiger partial charge in [0.1, 0.15) is 0 Å². The highest BCUT2D eigenvalue weighted by molar-refractivity contribution is 4.99. The maximum absolute atomic E-state index is 5.92. The lowest BCUT2D eigenvalue weighted by Gasteiger charge is -2.41. The first kappa shape index (κ1) is 14.4. The first-order valence-corrected chi connectivity index (χ1v) is 6.77. The van der Waals surface area contributed by atoms with E-state index in [1.54, 1.807) is 0 Å². The first-order chi connectivity index (χ1) is 7.80. The molecule has 0 aromatic heterocycles. The van der Waals surface area contributed by atoms with Crippen LogP contribution in [0.2, 0.25) is 0 Å². The Balaban J connectivity index is 2.36. The van der Waals surface area contributed by atoms with Crippen LogP contribution in [-0.4, -0.2) is 29.6 Å². The molecule has 17 heavy (non-hydrogen) atoms. The maximum atomic E-state index is 5.92. The Labute approximate surface area is 106 Å². The smallest absolute Gasteiger partial charge is 0.0280 e. The van der Waals surface area contributed by atoms with E-state index in [1.807, 2.05) is 6.20 Å². The number of nitrogens with one attached hydrogen (secondary N) is 1. The normalized spacial score (nSPS) is 20.9. The number of rotatable bonds is 3. The number of likely N-dealkylation sites (tertiary alicyclic amines) is 1. The third kappa shape index (κ3) is 4.58. The molecule has 1 fully saturated rings. The van der Waals surface area contributed by atoms with Crippen LogP contribution in [0.1, 0.15) is 47.5 Å². The molecule has 3 heteroatoms. The van der Waals surface area contributed by atoms with Crippen molar-refractivity contribution in [3.63, 3.8) is 0 Å². The maximum Gasteiger partial charge on any atom is 0.0280 e. The fraction of sp³-hybridized carbons (Fsp3) is 0.857. The molecule has 0 amide bonds. The van der Waals surface area contributed by atoms with E-state index in [-0.39, 0.29) is 0 Å². The van der Waals surface area contributed by atoms with Crippen LogP contribution in [0.4, 0.5) is 0 Å². The fourth-order valence-electron chi connectivity index (χ4n) is 2.10. The van der Waals surface area contributed by atoms with E-state index < -0.39 is 0 Å². The Morgan fingerprint density at radius 3 is 2.24 bits per heavy atom. The summed E-state index contributed by atoms with van der Waals surface area (Å²) in [5.41, 5.74) is 7.17. The molecule has 100 valence electrons. The molecule has 0 aromatic carbocycles. The van der Waals surface area contributed by atoms with Crippen molar-refractivity contribution in [3.8, 4) is 0 Å². The molecule has 1 aliphatic rings. The van der Waals surface area contributed by atoms with Gasteiger partial charge >= 0.3 is 0 Å². The predicted molar refractivity (Wildman–Crippen MR) is 74.6 cm³/mol. The summed E-state index contributed by atoms with van der Waals surface area (Å²) >= 11 is 0. The van der Waals surface area contributed by atoms with Crippen LogP contribution >= 0.6 is 0 Å². The van der Waals surface area contributed by atoms with E-state index in [1.165, 1.54) is 25.9 Å². The summed E-state index contributed by atoms with van der Waals surface area (Å²) in [5.74, 6) is 0.428. The van der Waals surface area contributed by atoms with E-state index in [9.17, 15) is 0 Å². The van der Waals surface area contributed by atoms with Crippen LogP contribution in [0.15, 0.2) is 11.9 Å². The Bertz CT molecular complexity index is 255. The molecule has 0 bridgehead atoms. The topological polar surface area (TPSA) is 41.3 Å². The Hall–Kier alpha value is -0.700. The van der Waals surface area contributed by atoms with Gasteiger partial charge in [0.25, 0.3) is 0 Å². The Morgan fingerprint density at radius 2 is 1.82 bits per heavy atom. The van der Waals surface area contributed by atoms with Crippen LogP contribution in [0.5, 0.6) is 0 Å². The van der Waals surface area contributed by atoms with Gasteiger partial charge in [0, 0.05) is 36.6 Å². The highest BCUT2D eigenvalue weighted by Crippen LogP contribution is 2.20. The second kappa shape index (κ2) is 5.76. The van der Waals surface area contributed by atoms with Gasteiger partial charge in [0.15, 0.2) is 0 Å². The summed E-state index contributed by atoms with van der Waals surface area (Å²) in [6.45, 7) is 13.5. The third-order valence-corrected chi connectivity index (χ3v) is 3.60. The van der Waals surface area contributed by atoms with Crippen molar-refractivity contribution in [2.24, 2.45) is 11.7 Å². The van der Waals surface area contributed by atoms with E-state index in [4.69, 9.17) is 5.73 Å². The van der Waals surface area contributed by atoms with E-state index >= 15 is 0 Å². The van der Waals surface area contributed by atoms with Crippen LogP contribution in [0, 0.1) is 5.92 Å². The molecule has 1 rings (SSSR count). The summed E-state index contributed by atoms with van der Waals surface area (Å²) < 4.78 is 0. The molecule has 1 saturated heterocycles. The van der Waals surface area contributed by atoms with Crippen molar-refractivity contribution in [1.29, 1.82) is 0 Å². The van der Waals surface area contributed by atoms with Crippen LogP contribution in [0.25, 0.3) is 0 Å².